The number of rotatable bonds is 6. The van der Waals surface area contributed by atoms with Crippen molar-refractivity contribution in [2.75, 3.05) is 0 Å². The monoisotopic (exact) mass is 397 g/mol. The summed E-state index contributed by atoms with van der Waals surface area (Å²) in [6, 6.07) is 7.87. The van der Waals surface area contributed by atoms with Gasteiger partial charge < -0.3 is 4.57 Å². The molecule has 0 aliphatic heterocycles. The number of aryl methyl sites for hydroxylation is 2. The standard InChI is InChI=1S/C20H19N3O2S2/c1-13-10-17(14(2)23(13)7-5-15-4-3-8-26-15)18(24)11-22-12-21-19-16(20(22)25)6-9-27-19/h3-4,6,8-10,12H,5,7,11H2,1-2H3. The van der Waals surface area contributed by atoms with Gasteiger partial charge >= 0.3 is 0 Å². The minimum atomic E-state index is -0.166. The molecule has 0 bridgehead atoms. The van der Waals surface area contributed by atoms with E-state index in [0.29, 0.717) is 15.8 Å². The number of fused-ring (bicyclic) bond motifs is 1. The quantitative estimate of drug-likeness (QED) is 0.461. The number of carbonyl (C=O) groups is 1. The lowest BCUT2D eigenvalue weighted by molar-refractivity contribution is 0.0970. The SMILES string of the molecule is Cc1cc(C(=O)Cn2cnc3sccc3c2=O)c(C)n1CCc1cccs1. The van der Waals surface area contributed by atoms with Gasteiger partial charge in [-0.15, -0.1) is 22.7 Å². The first-order valence-corrected chi connectivity index (χ1v) is 10.5. The third kappa shape index (κ3) is 3.40. The number of nitrogens with zero attached hydrogens (tertiary/aromatic N) is 3. The van der Waals surface area contributed by atoms with Gasteiger partial charge in [0.15, 0.2) is 5.78 Å². The van der Waals surface area contributed by atoms with Gasteiger partial charge in [-0.2, -0.15) is 0 Å². The molecule has 0 aliphatic carbocycles. The molecule has 4 aromatic heterocycles. The van der Waals surface area contributed by atoms with Gasteiger partial charge in [-0.05, 0) is 49.2 Å². The normalized spacial score (nSPS) is 11.3. The van der Waals surface area contributed by atoms with Gasteiger partial charge in [-0.25, -0.2) is 4.98 Å². The fraction of sp³-hybridized carbons (Fsp3) is 0.250. The van der Waals surface area contributed by atoms with Crippen LogP contribution in [-0.2, 0) is 19.5 Å². The van der Waals surface area contributed by atoms with Crippen molar-refractivity contribution in [1.29, 1.82) is 0 Å². The molecule has 0 N–H and O–H groups in total. The molecule has 138 valence electrons. The van der Waals surface area contributed by atoms with Gasteiger partial charge in [0.2, 0.25) is 0 Å². The zero-order valence-electron chi connectivity index (χ0n) is 15.1. The average molecular weight is 398 g/mol. The predicted octanol–water partition coefficient (Wildman–Crippen LogP) is 4.06. The fourth-order valence-corrected chi connectivity index (χ4v) is 4.77. The molecule has 27 heavy (non-hydrogen) atoms. The lowest BCUT2D eigenvalue weighted by Gasteiger charge is -2.09. The smallest absolute Gasteiger partial charge is 0.262 e. The van der Waals surface area contributed by atoms with E-state index in [1.807, 2.05) is 25.3 Å². The summed E-state index contributed by atoms with van der Waals surface area (Å²) in [6.07, 6.45) is 2.41. The van der Waals surface area contributed by atoms with E-state index in [0.717, 1.165) is 24.4 Å². The van der Waals surface area contributed by atoms with E-state index < -0.39 is 0 Å². The van der Waals surface area contributed by atoms with Crippen molar-refractivity contribution in [1.82, 2.24) is 14.1 Å². The molecule has 0 spiro atoms. The number of Topliss-reactive ketones (excluding diaryl/α,β-unsaturated/α-hetero) is 1. The number of ketones is 1. The largest absolute Gasteiger partial charge is 0.348 e. The summed E-state index contributed by atoms with van der Waals surface area (Å²) < 4.78 is 3.57. The van der Waals surface area contributed by atoms with Crippen LogP contribution < -0.4 is 5.56 Å². The second-order valence-corrected chi connectivity index (χ2v) is 8.43. The summed E-state index contributed by atoms with van der Waals surface area (Å²) in [6.45, 7) is 4.84. The topological polar surface area (TPSA) is 56.9 Å². The molecule has 0 aromatic carbocycles. The Labute approximate surface area is 164 Å². The summed E-state index contributed by atoms with van der Waals surface area (Å²) in [5.74, 6) is -0.0658. The third-order valence-electron chi connectivity index (χ3n) is 4.80. The molecule has 4 aromatic rings. The Hall–Kier alpha value is -2.51. The van der Waals surface area contributed by atoms with Crippen LogP contribution >= 0.6 is 22.7 Å². The molecule has 0 saturated heterocycles. The van der Waals surface area contributed by atoms with E-state index in [2.05, 4.69) is 27.1 Å². The fourth-order valence-electron chi connectivity index (χ4n) is 3.35. The van der Waals surface area contributed by atoms with E-state index in [9.17, 15) is 9.59 Å². The highest BCUT2D eigenvalue weighted by Gasteiger charge is 2.17. The summed E-state index contributed by atoms with van der Waals surface area (Å²) in [5, 5.41) is 4.49. The van der Waals surface area contributed by atoms with E-state index in [4.69, 9.17) is 0 Å². The highest BCUT2D eigenvalue weighted by Crippen LogP contribution is 2.19. The predicted molar refractivity (Wildman–Crippen MR) is 110 cm³/mol. The Balaban J connectivity index is 1.57. The van der Waals surface area contributed by atoms with Gasteiger partial charge in [-0.1, -0.05) is 6.07 Å². The van der Waals surface area contributed by atoms with Gasteiger partial charge in [0.05, 0.1) is 18.3 Å². The van der Waals surface area contributed by atoms with Crippen LogP contribution in [0.2, 0.25) is 0 Å². The first-order chi connectivity index (χ1) is 13.0. The maximum absolute atomic E-state index is 12.9. The zero-order valence-corrected chi connectivity index (χ0v) is 16.8. The molecule has 7 heteroatoms. The second kappa shape index (κ2) is 7.25. The van der Waals surface area contributed by atoms with Crippen molar-refractivity contribution in [2.45, 2.75) is 33.4 Å². The Morgan fingerprint density at radius 3 is 2.81 bits per heavy atom. The van der Waals surface area contributed by atoms with E-state index in [1.165, 1.54) is 27.1 Å². The van der Waals surface area contributed by atoms with Gasteiger partial charge in [-0.3, -0.25) is 14.2 Å². The van der Waals surface area contributed by atoms with Crippen molar-refractivity contribution < 1.29 is 4.79 Å². The minimum Gasteiger partial charge on any atom is -0.348 e. The Morgan fingerprint density at radius 2 is 2.04 bits per heavy atom. The molecule has 4 heterocycles. The Kier molecular flexibility index (Phi) is 4.80. The van der Waals surface area contributed by atoms with Crippen LogP contribution in [-0.4, -0.2) is 19.9 Å². The lowest BCUT2D eigenvalue weighted by atomic mass is 10.1. The number of hydrogen-bond acceptors (Lipinski definition) is 5. The van der Waals surface area contributed by atoms with Crippen molar-refractivity contribution in [2.24, 2.45) is 0 Å². The van der Waals surface area contributed by atoms with Crippen LogP contribution in [0.1, 0.15) is 26.6 Å². The maximum Gasteiger partial charge on any atom is 0.262 e. The van der Waals surface area contributed by atoms with Gasteiger partial charge in [0.25, 0.3) is 5.56 Å². The molecule has 0 radical (unpaired) electrons. The highest BCUT2D eigenvalue weighted by molar-refractivity contribution is 7.16. The van der Waals surface area contributed by atoms with Crippen molar-refractivity contribution in [3.63, 3.8) is 0 Å². The molecule has 4 rings (SSSR count). The van der Waals surface area contributed by atoms with Crippen LogP contribution in [0.4, 0.5) is 0 Å². The molecule has 0 aliphatic rings. The van der Waals surface area contributed by atoms with Gasteiger partial charge in [0.1, 0.15) is 4.83 Å². The number of aromatic nitrogens is 3. The van der Waals surface area contributed by atoms with Gasteiger partial charge in [0, 0.05) is 28.4 Å². The van der Waals surface area contributed by atoms with Crippen molar-refractivity contribution in [3.8, 4) is 0 Å². The van der Waals surface area contributed by atoms with Crippen molar-refractivity contribution >= 4 is 38.7 Å². The van der Waals surface area contributed by atoms with E-state index in [-0.39, 0.29) is 17.9 Å². The van der Waals surface area contributed by atoms with Crippen LogP contribution in [0.5, 0.6) is 0 Å². The summed E-state index contributed by atoms with van der Waals surface area (Å²) in [5.41, 5.74) is 2.52. The highest BCUT2D eigenvalue weighted by atomic mass is 32.1. The Bertz CT molecular complexity index is 1170. The number of thiophene rings is 2. The summed E-state index contributed by atoms with van der Waals surface area (Å²) >= 11 is 3.17. The maximum atomic E-state index is 12.9. The molecular weight excluding hydrogens is 378 g/mol. The lowest BCUT2D eigenvalue weighted by Crippen LogP contribution is -2.24. The molecule has 0 unspecified atom stereocenters. The molecule has 0 atom stereocenters. The van der Waals surface area contributed by atoms with E-state index >= 15 is 0 Å². The van der Waals surface area contributed by atoms with Crippen LogP contribution in [0.3, 0.4) is 0 Å². The van der Waals surface area contributed by atoms with Crippen LogP contribution in [0.25, 0.3) is 10.2 Å². The minimum absolute atomic E-state index is 0.00678. The zero-order chi connectivity index (χ0) is 19.0. The van der Waals surface area contributed by atoms with E-state index in [1.54, 1.807) is 17.4 Å². The number of hydrogen-bond donors (Lipinski definition) is 0. The first-order valence-electron chi connectivity index (χ1n) is 8.69. The third-order valence-corrected chi connectivity index (χ3v) is 6.56. The second-order valence-electron chi connectivity index (χ2n) is 6.51. The molecule has 0 amide bonds. The summed E-state index contributed by atoms with van der Waals surface area (Å²) in [4.78, 5) is 31.7. The van der Waals surface area contributed by atoms with Crippen LogP contribution in [0, 0.1) is 13.8 Å². The van der Waals surface area contributed by atoms with Crippen LogP contribution in [0.15, 0.2) is 46.1 Å². The van der Waals surface area contributed by atoms with Crippen molar-refractivity contribution in [3.05, 3.63) is 73.5 Å². The first kappa shape index (κ1) is 17.9. The molecule has 5 nitrogen and oxygen atoms in total. The Morgan fingerprint density at radius 1 is 1.19 bits per heavy atom. The molecule has 0 fully saturated rings. The molecular formula is C20H19N3O2S2. The average Bonchev–Trinajstić information content (AvgIpc) is 3.37. The number of carbonyl (C=O) groups excluding carboxylic acids is 1. The molecule has 0 saturated carbocycles. The summed E-state index contributed by atoms with van der Waals surface area (Å²) in [7, 11) is 0.